The van der Waals surface area contributed by atoms with Gasteiger partial charge in [-0.05, 0) is 72.6 Å². The molecule has 11 nitrogen and oxygen atoms in total. The molecule has 0 spiro atoms. The Kier molecular flexibility index (Phi) is 12.9. The van der Waals surface area contributed by atoms with Crippen LogP contribution in [0, 0.1) is 5.92 Å². The number of alkyl carbamates (subject to hydrolysis) is 1. The summed E-state index contributed by atoms with van der Waals surface area (Å²) in [4.78, 5) is 37.3. The molecule has 234 valence electrons. The SMILES string of the molecule is CC(C)C[C@H](NC(=O)OCc1ccccc1)C(=O)NS(=O)(=O)c1ccc(NC(=S)NC(=O)COc2ccc(Br)cc2Cl)cc1. The molecule has 0 aliphatic rings. The van der Waals surface area contributed by atoms with Crippen molar-refractivity contribution in [2.75, 3.05) is 11.9 Å². The van der Waals surface area contributed by atoms with Gasteiger partial charge in [-0.2, -0.15) is 0 Å². The highest BCUT2D eigenvalue weighted by molar-refractivity contribution is 9.10. The quantitative estimate of drug-likeness (QED) is 0.186. The molecule has 0 radical (unpaired) electrons. The molecule has 0 saturated heterocycles. The molecule has 3 aromatic carbocycles. The fourth-order valence-electron chi connectivity index (χ4n) is 3.65. The molecule has 0 bridgehead atoms. The second-order valence-corrected chi connectivity index (χ2v) is 13.2. The zero-order valence-corrected chi connectivity index (χ0v) is 27.6. The molecule has 1 atom stereocenters. The van der Waals surface area contributed by atoms with Gasteiger partial charge in [0.1, 0.15) is 18.4 Å². The number of benzene rings is 3. The van der Waals surface area contributed by atoms with Crippen molar-refractivity contribution >= 4 is 78.5 Å². The van der Waals surface area contributed by atoms with Crippen LogP contribution in [-0.4, -0.2) is 44.1 Å². The summed E-state index contributed by atoms with van der Waals surface area (Å²) in [7, 11) is -4.29. The molecular formula is C29H30BrClN4O7S2. The highest BCUT2D eigenvalue weighted by atomic mass is 79.9. The van der Waals surface area contributed by atoms with E-state index in [1.165, 1.54) is 24.3 Å². The molecule has 0 unspecified atom stereocenters. The lowest BCUT2D eigenvalue weighted by atomic mass is 10.0. The molecular weight excluding hydrogens is 696 g/mol. The minimum Gasteiger partial charge on any atom is -0.482 e. The van der Waals surface area contributed by atoms with Crippen LogP contribution < -0.4 is 25.4 Å². The van der Waals surface area contributed by atoms with E-state index >= 15 is 0 Å². The van der Waals surface area contributed by atoms with Crippen molar-refractivity contribution in [3.05, 3.63) is 87.9 Å². The number of carbonyl (C=O) groups is 3. The number of sulfonamides is 1. The third-order valence-corrected chi connectivity index (χ3v) is 8.05. The Hall–Kier alpha value is -3.72. The summed E-state index contributed by atoms with van der Waals surface area (Å²) in [5, 5.41) is 7.93. The number of thiocarbonyl (C=S) groups is 1. The van der Waals surface area contributed by atoms with Crippen molar-refractivity contribution in [2.24, 2.45) is 5.92 Å². The number of amides is 3. The normalized spacial score (nSPS) is 11.7. The zero-order valence-electron chi connectivity index (χ0n) is 23.6. The van der Waals surface area contributed by atoms with Gasteiger partial charge >= 0.3 is 6.09 Å². The minimum atomic E-state index is -4.29. The summed E-state index contributed by atoms with van der Waals surface area (Å²) in [5.74, 6) is -1.17. The van der Waals surface area contributed by atoms with Crippen LogP contribution in [0.25, 0.3) is 0 Å². The predicted octanol–water partition coefficient (Wildman–Crippen LogP) is 5.14. The Balaban J connectivity index is 1.53. The van der Waals surface area contributed by atoms with Gasteiger partial charge in [0.2, 0.25) is 0 Å². The van der Waals surface area contributed by atoms with Crippen molar-refractivity contribution in [2.45, 2.75) is 37.8 Å². The summed E-state index contributed by atoms with van der Waals surface area (Å²) >= 11 is 14.5. The van der Waals surface area contributed by atoms with E-state index in [0.717, 1.165) is 10.0 Å². The smallest absolute Gasteiger partial charge is 0.408 e. The molecule has 3 aromatic rings. The summed E-state index contributed by atoms with van der Waals surface area (Å²) < 4.78 is 39.2. The third-order valence-electron chi connectivity index (χ3n) is 5.69. The van der Waals surface area contributed by atoms with Crippen LogP contribution in [0.5, 0.6) is 5.75 Å². The van der Waals surface area contributed by atoms with Crippen molar-refractivity contribution in [3.63, 3.8) is 0 Å². The number of anilines is 1. The number of halogens is 2. The van der Waals surface area contributed by atoms with E-state index in [0.29, 0.717) is 16.5 Å². The molecule has 0 aliphatic carbocycles. The van der Waals surface area contributed by atoms with Crippen LogP contribution in [0.2, 0.25) is 5.02 Å². The van der Waals surface area contributed by atoms with Crippen LogP contribution in [0.3, 0.4) is 0 Å². The maximum atomic E-state index is 12.9. The molecule has 0 heterocycles. The van der Waals surface area contributed by atoms with Crippen molar-refractivity contribution in [3.8, 4) is 5.75 Å². The van der Waals surface area contributed by atoms with E-state index in [1.807, 2.05) is 24.6 Å². The van der Waals surface area contributed by atoms with Crippen LogP contribution in [0.15, 0.2) is 82.2 Å². The average molecular weight is 726 g/mol. The molecule has 3 amide bonds. The molecule has 15 heteroatoms. The maximum Gasteiger partial charge on any atom is 0.408 e. The molecule has 0 aromatic heterocycles. The first kappa shape index (κ1) is 34.8. The van der Waals surface area contributed by atoms with Gasteiger partial charge in [-0.25, -0.2) is 17.9 Å². The Morgan fingerprint density at radius 2 is 1.68 bits per heavy atom. The van der Waals surface area contributed by atoms with E-state index in [9.17, 15) is 22.8 Å². The largest absolute Gasteiger partial charge is 0.482 e. The van der Waals surface area contributed by atoms with Crippen LogP contribution in [-0.2, 0) is 31.0 Å². The standard InChI is InChI=1S/C29H30BrClN4O7S2/c1-18(2)14-24(33-29(38)42-16-19-6-4-3-5-7-19)27(37)35-44(39,40)22-11-9-21(10-12-22)32-28(43)34-26(36)17-41-25-13-8-20(30)15-23(25)31/h3-13,15,18,24H,14,16-17H2,1-2H3,(H,33,38)(H,35,37)(H2,32,34,36,43)/t24-/m0/s1. The third kappa shape index (κ3) is 11.4. The number of ether oxygens (including phenoxy) is 2. The summed E-state index contributed by atoms with van der Waals surface area (Å²) in [6, 6.07) is 18.1. The van der Waals surface area contributed by atoms with Gasteiger partial charge in [-0.15, -0.1) is 0 Å². The molecule has 44 heavy (non-hydrogen) atoms. The first-order valence-electron chi connectivity index (χ1n) is 13.1. The van der Waals surface area contributed by atoms with Crippen molar-refractivity contribution < 1.29 is 32.3 Å². The highest BCUT2D eigenvalue weighted by Crippen LogP contribution is 2.27. The lowest BCUT2D eigenvalue weighted by molar-refractivity contribution is -0.122. The van der Waals surface area contributed by atoms with Crippen molar-refractivity contribution in [1.82, 2.24) is 15.4 Å². The first-order valence-corrected chi connectivity index (χ1v) is 16.2. The lowest BCUT2D eigenvalue weighted by Crippen LogP contribution is -2.49. The first-order chi connectivity index (χ1) is 20.8. The minimum absolute atomic E-state index is 0.0108. The number of hydrogen-bond acceptors (Lipinski definition) is 8. The van der Waals surface area contributed by atoms with Gasteiger partial charge < -0.3 is 20.1 Å². The fraction of sp³-hybridized carbons (Fsp3) is 0.241. The molecule has 4 N–H and O–H groups in total. The average Bonchev–Trinajstić information content (AvgIpc) is 2.95. The molecule has 0 fully saturated rings. The Bertz CT molecular complexity index is 1590. The van der Waals surface area contributed by atoms with Crippen molar-refractivity contribution in [1.29, 1.82) is 0 Å². The highest BCUT2D eigenvalue weighted by Gasteiger charge is 2.27. The summed E-state index contributed by atoms with van der Waals surface area (Å²) in [6.07, 6.45) is -0.677. The van der Waals surface area contributed by atoms with Gasteiger partial charge in [0.25, 0.3) is 21.8 Å². The van der Waals surface area contributed by atoms with Crippen LogP contribution in [0.4, 0.5) is 10.5 Å². The van der Waals surface area contributed by atoms with E-state index in [1.54, 1.807) is 42.5 Å². The van der Waals surface area contributed by atoms with E-state index < -0.39 is 34.0 Å². The fourth-order valence-corrected chi connectivity index (χ4v) is 5.63. The number of rotatable bonds is 12. The predicted molar refractivity (Wildman–Crippen MR) is 174 cm³/mol. The molecule has 3 rings (SSSR count). The van der Waals surface area contributed by atoms with Crippen LogP contribution >= 0.6 is 39.7 Å². The zero-order chi connectivity index (χ0) is 32.3. The number of carbonyl (C=O) groups excluding carboxylic acids is 3. The Morgan fingerprint density at radius 1 is 1.00 bits per heavy atom. The Labute approximate surface area is 274 Å². The summed E-state index contributed by atoms with van der Waals surface area (Å²) in [5.41, 5.74) is 1.13. The topological polar surface area (TPSA) is 152 Å². The summed E-state index contributed by atoms with van der Waals surface area (Å²) in [6.45, 7) is 3.30. The second kappa shape index (κ2) is 16.4. The number of hydrogen-bond donors (Lipinski definition) is 4. The Morgan fingerprint density at radius 3 is 2.32 bits per heavy atom. The van der Waals surface area contributed by atoms with Gasteiger partial charge in [0.05, 0.1) is 9.92 Å². The van der Waals surface area contributed by atoms with Crippen LogP contribution in [0.1, 0.15) is 25.8 Å². The van der Waals surface area contributed by atoms with E-state index in [-0.39, 0.29) is 35.6 Å². The van der Waals surface area contributed by atoms with E-state index in [2.05, 4.69) is 31.9 Å². The van der Waals surface area contributed by atoms with Gasteiger partial charge in [0.15, 0.2) is 11.7 Å². The maximum absolute atomic E-state index is 12.9. The molecule has 0 aliphatic heterocycles. The number of nitrogens with one attached hydrogen (secondary N) is 4. The van der Waals surface area contributed by atoms with Gasteiger partial charge in [-0.1, -0.05) is 71.7 Å². The van der Waals surface area contributed by atoms with Gasteiger partial charge in [-0.3, -0.25) is 14.9 Å². The second-order valence-electron chi connectivity index (χ2n) is 9.75. The molecule has 0 saturated carbocycles. The van der Waals surface area contributed by atoms with Gasteiger partial charge in [0, 0.05) is 10.2 Å². The van der Waals surface area contributed by atoms with E-state index in [4.69, 9.17) is 33.3 Å². The monoisotopic (exact) mass is 724 g/mol. The lowest BCUT2D eigenvalue weighted by Gasteiger charge is -2.20.